The number of nitrogens with zero attached hydrogens (tertiary/aromatic N) is 4. The molecule has 8 heteroatoms. The number of rotatable bonds is 3. The molecule has 2 rings (SSSR count). The van der Waals surface area contributed by atoms with Crippen molar-refractivity contribution in [1.29, 1.82) is 0 Å². The van der Waals surface area contributed by atoms with Gasteiger partial charge in [-0.3, -0.25) is 9.48 Å². The van der Waals surface area contributed by atoms with Crippen molar-refractivity contribution in [2.24, 2.45) is 7.05 Å². The van der Waals surface area contributed by atoms with E-state index in [-0.39, 0.29) is 5.56 Å². The van der Waals surface area contributed by atoms with E-state index in [4.69, 9.17) is 0 Å². The van der Waals surface area contributed by atoms with E-state index in [9.17, 15) is 13.6 Å². The van der Waals surface area contributed by atoms with Crippen molar-refractivity contribution in [3.05, 3.63) is 35.9 Å². The van der Waals surface area contributed by atoms with Crippen LogP contribution in [0, 0.1) is 0 Å². The van der Waals surface area contributed by atoms with Gasteiger partial charge < -0.3 is 5.32 Å². The summed E-state index contributed by atoms with van der Waals surface area (Å²) in [5.74, 6) is -0.661. The van der Waals surface area contributed by atoms with Crippen molar-refractivity contribution in [3.8, 4) is 0 Å². The number of amides is 1. The molecule has 0 saturated carbocycles. The summed E-state index contributed by atoms with van der Waals surface area (Å²) < 4.78 is 26.5. The van der Waals surface area contributed by atoms with Gasteiger partial charge in [-0.05, 0) is 6.07 Å². The van der Waals surface area contributed by atoms with E-state index in [1.54, 1.807) is 0 Å². The van der Waals surface area contributed by atoms with Gasteiger partial charge in [0.1, 0.15) is 5.69 Å². The fourth-order valence-corrected chi connectivity index (χ4v) is 1.40. The van der Waals surface area contributed by atoms with Crippen LogP contribution in [0.3, 0.4) is 0 Å². The Morgan fingerprint density at radius 1 is 1.44 bits per heavy atom. The molecular weight excluding hydrogens is 244 g/mol. The maximum atomic E-state index is 12.7. The van der Waals surface area contributed by atoms with Crippen LogP contribution in [-0.2, 0) is 7.05 Å². The van der Waals surface area contributed by atoms with Crippen molar-refractivity contribution < 1.29 is 13.6 Å². The molecule has 6 nitrogen and oxygen atoms in total. The average molecular weight is 253 g/mol. The van der Waals surface area contributed by atoms with Gasteiger partial charge >= 0.3 is 0 Å². The van der Waals surface area contributed by atoms with Crippen molar-refractivity contribution in [1.82, 2.24) is 20.0 Å². The molecule has 2 aromatic heterocycles. The SMILES string of the molecule is Cn1cc(C(=O)Nc2ccnnc2)c(C(F)F)n1. The Labute approximate surface area is 101 Å². The highest BCUT2D eigenvalue weighted by atomic mass is 19.3. The summed E-state index contributed by atoms with van der Waals surface area (Å²) in [7, 11) is 1.47. The first-order chi connectivity index (χ1) is 8.58. The summed E-state index contributed by atoms with van der Waals surface area (Å²) in [6.45, 7) is 0. The number of anilines is 1. The minimum Gasteiger partial charge on any atom is -0.320 e. The van der Waals surface area contributed by atoms with Crippen LogP contribution in [0.4, 0.5) is 14.5 Å². The standard InChI is InChI=1S/C10H9F2N5O/c1-17-5-7(8(16-17)9(11)12)10(18)15-6-2-3-13-14-4-6/h2-5,9H,1H3,(H,13,15,18). The number of hydrogen-bond donors (Lipinski definition) is 1. The Balaban J connectivity index is 2.24. The molecule has 0 atom stereocenters. The summed E-state index contributed by atoms with van der Waals surface area (Å²) in [5.41, 5.74) is -0.333. The highest BCUT2D eigenvalue weighted by Crippen LogP contribution is 2.21. The van der Waals surface area contributed by atoms with Gasteiger partial charge in [-0.2, -0.15) is 15.3 Å². The first-order valence-electron chi connectivity index (χ1n) is 4.97. The van der Waals surface area contributed by atoms with Gasteiger partial charge in [0, 0.05) is 13.2 Å². The summed E-state index contributed by atoms with van der Waals surface area (Å²) in [6.07, 6.45) is 1.14. The molecule has 0 radical (unpaired) electrons. The maximum absolute atomic E-state index is 12.7. The third-order valence-corrected chi connectivity index (χ3v) is 2.15. The molecule has 0 saturated heterocycles. The van der Waals surface area contributed by atoms with Crippen molar-refractivity contribution >= 4 is 11.6 Å². The van der Waals surface area contributed by atoms with Crippen molar-refractivity contribution in [3.63, 3.8) is 0 Å². The van der Waals surface area contributed by atoms with Crippen LogP contribution in [-0.4, -0.2) is 25.9 Å². The summed E-state index contributed by atoms with van der Waals surface area (Å²) in [4.78, 5) is 11.8. The topological polar surface area (TPSA) is 72.7 Å². The quantitative estimate of drug-likeness (QED) is 0.897. The predicted octanol–water partition coefficient (Wildman–Crippen LogP) is 1.40. The number of aromatic nitrogens is 4. The molecule has 2 heterocycles. The molecule has 1 amide bonds. The van der Waals surface area contributed by atoms with E-state index in [0.717, 1.165) is 0 Å². The van der Waals surface area contributed by atoms with E-state index >= 15 is 0 Å². The van der Waals surface area contributed by atoms with Crippen LogP contribution in [0.1, 0.15) is 22.5 Å². The summed E-state index contributed by atoms with van der Waals surface area (Å²) in [6, 6.07) is 1.50. The van der Waals surface area contributed by atoms with Crippen LogP contribution >= 0.6 is 0 Å². The summed E-state index contributed by atoms with van der Waals surface area (Å²) >= 11 is 0. The van der Waals surface area contributed by atoms with Gasteiger partial charge in [-0.15, -0.1) is 0 Å². The van der Waals surface area contributed by atoms with Gasteiger partial charge in [0.15, 0.2) is 0 Å². The Bertz CT molecular complexity index is 555. The lowest BCUT2D eigenvalue weighted by Crippen LogP contribution is -2.13. The number of nitrogens with one attached hydrogen (secondary N) is 1. The molecule has 0 aliphatic rings. The van der Waals surface area contributed by atoms with E-state index in [0.29, 0.717) is 5.69 Å². The number of carbonyl (C=O) groups excluding carboxylic acids is 1. The van der Waals surface area contributed by atoms with Crippen LogP contribution in [0.15, 0.2) is 24.7 Å². The maximum Gasteiger partial charge on any atom is 0.282 e. The van der Waals surface area contributed by atoms with E-state index in [1.807, 2.05) is 0 Å². The second-order valence-electron chi connectivity index (χ2n) is 3.49. The van der Waals surface area contributed by atoms with Gasteiger partial charge in [0.2, 0.25) is 0 Å². The zero-order valence-corrected chi connectivity index (χ0v) is 9.34. The van der Waals surface area contributed by atoms with Gasteiger partial charge in [0.25, 0.3) is 12.3 Å². The third-order valence-electron chi connectivity index (χ3n) is 2.15. The number of alkyl halides is 2. The average Bonchev–Trinajstić information content (AvgIpc) is 2.73. The molecule has 0 aliphatic heterocycles. The molecule has 0 bridgehead atoms. The molecule has 0 aliphatic carbocycles. The van der Waals surface area contributed by atoms with Crippen LogP contribution < -0.4 is 5.32 Å². The Morgan fingerprint density at radius 2 is 2.22 bits per heavy atom. The first kappa shape index (κ1) is 12.1. The normalized spacial score (nSPS) is 10.7. The van der Waals surface area contributed by atoms with Gasteiger partial charge in [-0.1, -0.05) is 0 Å². The number of aryl methyl sites for hydroxylation is 1. The monoisotopic (exact) mass is 253 g/mol. The molecule has 0 aromatic carbocycles. The second-order valence-corrected chi connectivity index (χ2v) is 3.49. The molecule has 0 fully saturated rings. The molecular formula is C10H9F2N5O. The molecule has 2 aromatic rings. The second kappa shape index (κ2) is 4.86. The lowest BCUT2D eigenvalue weighted by atomic mass is 10.2. The zero-order chi connectivity index (χ0) is 13.1. The number of halogens is 2. The molecule has 18 heavy (non-hydrogen) atoms. The molecule has 1 N–H and O–H groups in total. The molecule has 0 spiro atoms. The van der Waals surface area contributed by atoms with E-state index in [1.165, 1.54) is 36.4 Å². The zero-order valence-electron chi connectivity index (χ0n) is 9.34. The smallest absolute Gasteiger partial charge is 0.282 e. The van der Waals surface area contributed by atoms with E-state index < -0.39 is 18.0 Å². The van der Waals surface area contributed by atoms with Crippen LogP contribution in [0.25, 0.3) is 0 Å². The minimum atomic E-state index is -2.80. The fraction of sp³-hybridized carbons (Fsp3) is 0.200. The Kier molecular flexibility index (Phi) is 3.26. The highest BCUT2D eigenvalue weighted by Gasteiger charge is 2.22. The Morgan fingerprint density at radius 3 is 2.83 bits per heavy atom. The lowest BCUT2D eigenvalue weighted by molar-refractivity contribution is 0.101. The molecule has 0 unspecified atom stereocenters. The van der Waals surface area contributed by atoms with Gasteiger partial charge in [0.05, 0.1) is 23.6 Å². The highest BCUT2D eigenvalue weighted by molar-refractivity contribution is 6.04. The van der Waals surface area contributed by atoms with E-state index in [2.05, 4.69) is 20.6 Å². The van der Waals surface area contributed by atoms with Crippen molar-refractivity contribution in [2.75, 3.05) is 5.32 Å². The minimum absolute atomic E-state index is 0.163. The first-order valence-corrected chi connectivity index (χ1v) is 4.97. The summed E-state index contributed by atoms with van der Waals surface area (Å²) in [5, 5.41) is 13.1. The van der Waals surface area contributed by atoms with Crippen LogP contribution in [0.5, 0.6) is 0 Å². The lowest BCUT2D eigenvalue weighted by Gasteiger charge is -2.03. The third kappa shape index (κ3) is 2.47. The van der Waals surface area contributed by atoms with Gasteiger partial charge in [-0.25, -0.2) is 8.78 Å². The largest absolute Gasteiger partial charge is 0.320 e. The van der Waals surface area contributed by atoms with Crippen LogP contribution in [0.2, 0.25) is 0 Å². The molecule has 94 valence electrons. The predicted molar refractivity (Wildman–Crippen MR) is 58.2 cm³/mol. The number of carbonyl (C=O) groups is 1. The van der Waals surface area contributed by atoms with Crippen molar-refractivity contribution in [2.45, 2.75) is 6.43 Å². The Hall–Kier alpha value is -2.38. The number of hydrogen-bond acceptors (Lipinski definition) is 4. The fourth-order valence-electron chi connectivity index (χ4n) is 1.40.